The summed E-state index contributed by atoms with van der Waals surface area (Å²) in [5.41, 5.74) is 0.485. The van der Waals surface area contributed by atoms with E-state index >= 15 is 0 Å². The first kappa shape index (κ1) is 22.5. The highest BCUT2D eigenvalue weighted by Gasteiger charge is 2.53. The number of ether oxygens (including phenoxy) is 1. The first-order valence-electron chi connectivity index (χ1n) is 10.9. The maximum Gasteiger partial charge on any atom is 0.341 e. The number of methoxy groups -OCH3 is 1. The normalized spacial score (nSPS) is 20.7. The number of benzene rings is 2. The van der Waals surface area contributed by atoms with Gasteiger partial charge in [0.05, 0.1) is 23.8 Å². The van der Waals surface area contributed by atoms with Gasteiger partial charge in [-0.25, -0.2) is 18.0 Å². The summed E-state index contributed by atoms with van der Waals surface area (Å²) in [4.78, 5) is 11.5. The van der Waals surface area contributed by atoms with Gasteiger partial charge in [-0.05, 0) is 48.6 Å². The highest BCUT2D eigenvalue weighted by atomic mass is 19.2. The first-order chi connectivity index (χ1) is 16.1. The van der Waals surface area contributed by atoms with Crippen molar-refractivity contribution in [1.82, 2.24) is 14.8 Å². The van der Waals surface area contributed by atoms with Gasteiger partial charge >= 0.3 is 5.97 Å². The number of carboxylic acids is 1. The van der Waals surface area contributed by atoms with Gasteiger partial charge in [0.15, 0.2) is 11.6 Å². The second-order valence-electron chi connectivity index (χ2n) is 9.72. The maximum absolute atomic E-state index is 14.8. The molecule has 9 heteroatoms. The Kier molecular flexibility index (Phi) is 5.02. The minimum atomic E-state index is -2.29. The van der Waals surface area contributed by atoms with E-state index in [-0.39, 0.29) is 18.8 Å². The molecule has 0 saturated heterocycles. The molecule has 4 aromatic rings. The molecule has 0 aliphatic heterocycles. The topological polar surface area (TPSA) is 80.1 Å². The maximum atomic E-state index is 14.8. The number of rotatable bonds is 6. The standard InChI is InChI=1S/C25H24F3N3O3/c1-24(2,12-34-3)22-21(14-9-25(28,10-14)23(32)33)16-8-19-13(11-29-30-19)6-20(16)31(22)15-4-5-17(26)18(27)7-15/h4-8,11,14H,9-10,12H2,1-3H3,(H,29,30)(H,32,33). The van der Waals surface area contributed by atoms with Crippen LogP contribution in [0.2, 0.25) is 0 Å². The fourth-order valence-electron chi connectivity index (χ4n) is 5.25. The SMILES string of the molecule is COCC(C)(C)c1c(C2CC(F)(C(=O)O)C2)c2cc3[nH]ncc3cc2n1-c1ccc(F)c(F)c1. The van der Waals surface area contributed by atoms with Crippen LogP contribution in [0, 0.1) is 11.6 Å². The monoisotopic (exact) mass is 471 g/mol. The predicted molar refractivity (Wildman–Crippen MR) is 121 cm³/mol. The zero-order chi connectivity index (χ0) is 24.4. The van der Waals surface area contributed by atoms with Crippen LogP contribution >= 0.6 is 0 Å². The third-order valence-electron chi connectivity index (χ3n) is 6.81. The van der Waals surface area contributed by atoms with Gasteiger partial charge in [0.1, 0.15) is 0 Å². The Morgan fingerprint density at radius 1 is 1.26 bits per heavy atom. The molecular weight excluding hydrogens is 447 g/mol. The van der Waals surface area contributed by atoms with E-state index < -0.39 is 28.7 Å². The highest BCUT2D eigenvalue weighted by molar-refractivity contribution is 5.99. The molecule has 34 heavy (non-hydrogen) atoms. The molecule has 178 valence electrons. The molecule has 2 aromatic heterocycles. The predicted octanol–water partition coefficient (Wildman–Crippen LogP) is 5.38. The number of H-pyrrole nitrogens is 1. The van der Waals surface area contributed by atoms with Crippen molar-refractivity contribution in [1.29, 1.82) is 0 Å². The van der Waals surface area contributed by atoms with Gasteiger partial charge < -0.3 is 14.4 Å². The number of aliphatic carboxylic acids is 1. The first-order valence-corrected chi connectivity index (χ1v) is 10.9. The molecule has 0 bridgehead atoms. The molecule has 0 atom stereocenters. The van der Waals surface area contributed by atoms with E-state index in [1.165, 1.54) is 6.07 Å². The van der Waals surface area contributed by atoms with Crippen molar-refractivity contribution in [2.45, 2.75) is 43.7 Å². The van der Waals surface area contributed by atoms with Crippen LogP contribution < -0.4 is 0 Å². The number of hydrogen-bond acceptors (Lipinski definition) is 3. The quantitative estimate of drug-likeness (QED) is 0.396. The van der Waals surface area contributed by atoms with Crippen LogP contribution in [0.4, 0.5) is 13.2 Å². The number of nitrogens with one attached hydrogen (secondary N) is 1. The smallest absolute Gasteiger partial charge is 0.341 e. The van der Waals surface area contributed by atoms with Crippen LogP contribution in [0.15, 0.2) is 36.5 Å². The summed E-state index contributed by atoms with van der Waals surface area (Å²) in [6.45, 7) is 4.21. The lowest BCUT2D eigenvalue weighted by atomic mass is 9.67. The van der Waals surface area contributed by atoms with Crippen LogP contribution in [0.25, 0.3) is 27.5 Å². The molecule has 2 heterocycles. The Morgan fingerprint density at radius 3 is 2.65 bits per heavy atom. The second kappa shape index (κ2) is 7.59. The molecule has 1 fully saturated rings. The largest absolute Gasteiger partial charge is 0.479 e. The zero-order valence-corrected chi connectivity index (χ0v) is 19.0. The summed E-state index contributed by atoms with van der Waals surface area (Å²) >= 11 is 0. The van der Waals surface area contributed by atoms with Crippen LogP contribution in [0.5, 0.6) is 0 Å². The van der Waals surface area contributed by atoms with Gasteiger partial charge in [0.25, 0.3) is 0 Å². The molecular formula is C25H24F3N3O3. The van der Waals surface area contributed by atoms with E-state index in [1.807, 2.05) is 30.5 Å². The Balaban J connectivity index is 1.86. The van der Waals surface area contributed by atoms with Crippen LogP contribution in [0.1, 0.15) is 43.9 Å². The minimum Gasteiger partial charge on any atom is -0.479 e. The molecule has 1 aliphatic rings. The minimum absolute atomic E-state index is 0.170. The van der Waals surface area contributed by atoms with E-state index in [9.17, 15) is 23.1 Å². The number of carbonyl (C=O) groups is 1. The number of halogens is 3. The van der Waals surface area contributed by atoms with E-state index in [0.29, 0.717) is 17.8 Å². The van der Waals surface area contributed by atoms with Crippen molar-refractivity contribution >= 4 is 27.8 Å². The molecule has 0 spiro atoms. The Hall–Kier alpha value is -3.33. The molecule has 2 N–H and O–H groups in total. The third kappa shape index (κ3) is 3.29. The lowest BCUT2D eigenvalue weighted by Gasteiger charge is -2.40. The molecule has 1 saturated carbocycles. The molecule has 0 radical (unpaired) electrons. The van der Waals surface area contributed by atoms with Gasteiger partial charge in [0, 0.05) is 40.7 Å². The van der Waals surface area contributed by atoms with Crippen LogP contribution in [0.3, 0.4) is 0 Å². The molecule has 6 nitrogen and oxygen atoms in total. The Morgan fingerprint density at radius 2 is 2.00 bits per heavy atom. The van der Waals surface area contributed by atoms with Crippen molar-refractivity contribution in [2.75, 3.05) is 13.7 Å². The van der Waals surface area contributed by atoms with Crippen molar-refractivity contribution in [2.24, 2.45) is 0 Å². The second-order valence-corrected chi connectivity index (χ2v) is 9.72. The molecule has 5 rings (SSSR count). The summed E-state index contributed by atoms with van der Waals surface area (Å²) in [6, 6.07) is 7.48. The highest BCUT2D eigenvalue weighted by Crippen LogP contribution is 2.53. The van der Waals surface area contributed by atoms with Gasteiger partial charge in [-0.2, -0.15) is 5.10 Å². The zero-order valence-electron chi connectivity index (χ0n) is 19.0. The van der Waals surface area contributed by atoms with E-state index in [1.54, 1.807) is 13.3 Å². The number of carboxylic acid groups (broad SMARTS) is 1. The summed E-state index contributed by atoms with van der Waals surface area (Å²) < 4.78 is 50.3. The lowest BCUT2D eigenvalue weighted by Crippen LogP contribution is -2.46. The van der Waals surface area contributed by atoms with Crippen LogP contribution in [-0.2, 0) is 14.9 Å². The van der Waals surface area contributed by atoms with Crippen molar-refractivity contribution in [3.8, 4) is 5.69 Å². The van der Waals surface area contributed by atoms with Crippen molar-refractivity contribution in [3.05, 3.63) is 59.4 Å². The lowest BCUT2D eigenvalue weighted by molar-refractivity contribution is -0.158. The number of fused-ring (bicyclic) bond motifs is 2. The summed E-state index contributed by atoms with van der Waals surface area (Å²) in [6.07, 6.45) is 1.32. The summed E-state index contributed by atoms with van der Waals surface area (Å²) in [5, 5.41) is 18.0. The van der Waals surface area contributed by atoms with Gasteiger partial charge in [-0.3, -0.25) is 5.10 Å². The van der Waals surface area contributed by atoms with Crippen molar-refractivity contribution < 1.29 is 27.8 Å². The van der Waals surface area contributed by atoms with E-state index in [2.05, 4.69) is 10.2 Å². The molecule has 2 aromatic carbocycles. The van der Waals surface area contributed by atoms with Crippen molar-refractivity contribution in [3.63, 3.8) is 0 Å². The fourth-order valence-corrected chi connectivity index (χ4v) is 5.25. The van der Waals surface area contributed by atoms with Gasteiger partial charge in [-0.15, -0.1) is 0 Å². The summed E-state index contributed by atoms with van der Waals surface area (Å²) in [5.74, 6) is -3.79. The molecule has 1 aliphatic carbocycles. The number of nitrogens with zero attached hydrogens (tertiary/aromatic N) is 2. The Bertz CT molecular complexity index is 1430. The number of aromatic nitrogens is 3. The van der Waals surface area contributed by atoms with E-state index in [4.69, 9.17) is 4.74 Å². The number of hydrogen-bond donors (Lipinski definition) is 2. The third-order valence-corrected chi connectivity index (χ3v) is 6.81. The molecule has 0 unspecified atom stereocenters. The number of alkyl halides is 1. The number of aromatic amines is 1. The molecule has 0 amide bonds. The average Bonchev–Trinajstić information content (AvgIpc) is 3.33. The Labute approximate surface area is 193 Å². The van der Waals surface area contributed by atoms with Crippen LogP contribution in [-0.4, -0.2) is 45.2 Å². The fraction of sp³-hybridized carbons (Fsp3) is 0.360. The average molecular weight is 471 g/mol. The summed E-state index contributed by atoms with van der Waals surface area (Å²) in [7, 11) is 1.57. The van der Waals surface area contributed by atoms with E-state index in [0.717, 1.165) is 39.7 Å². The van der Waals surface area contributed by atoms with Gasteiger partial charge in [0.2, 0.25) is 5.67 Å². The van der Waals surface area contributed by atoms with Gasteiger partial charge in [-0.1, -0.05) is 13.8 Å².